The molecule has 2 aliphatic rings. The topological polar surface area (TPSA) is 133 Å². The first-order valence-corrected chi connectivity index (χ1v) is 10.9. The Morgan fingerprint density at radius 2 is 1.87 bits per heavy atom. The minimum absolute atomic E-state index is 0.0750. The number of benzene rings is 2. The number of nitrogens with zero attached hydrogens (tertiary/aromatic N) is 3. The van der Waals surface area contributed by atoms with E-state index in [2.05, 4.69) is 10.5 Å². The Labute approximate surface area is 178 Å². The van der Waals surface area contributed by atoms with Crippen molar-refractivity contribution in [3.05, 3.63) is 52.1 Å². The fraction of sp³-hybridized carbons (Fsp3) is 0.316. The van der Waals surface area contributed by atoms with Crippen molar-refractivity contribution in [1.82, 2.24) is 4.31 Å². The molecule has 0 unspecified atom stereocenters. The predicted octanol–water partition coefficient (Wildman–Crippen LogP) is 2.18. The lowest BCUT2D eigenvalue weighted by Gasteiger charge is -2.26. The van der Waals surface area contributed by atoms with Crippen LogP contribution in [-0.2, 0) is 14.8 Å². The quantitative estimate of drug-likeness (QED) is 0.404. The number of hydrogen-bond acceptors (Lipinski definition) is 9. The zero-order valence-electron chi connectivity index (χ0n) is 16.6. The Bertz CT molecular complexity index is 1140. The van der Waals surface area contributed by atoms with Gasteiger partial charge in [0.15, 0.2) is 11.5 Å². The minimum atomic E-state index is -3.86. The maximum absolute atomic E-state index is 12.8. The minimum Gasteiger partial charge on any atom is -0.454 e. The van der Waals surface area contributed by atoms with Crippen LogP contribution in [-0.4, -0.2) is 56.5 Å². The van der Waals surface area contributed by atoms with E-state index in [4.69, 9.17) is 14.2 Å². The van der Waals surface area contributed by atoms with Crippen molar-refractivity contribution in [1.29, 1.82) is 0 Å². The molecule has 1 fully saturated rings. The van der Waals surface area contributed by atoms with Gasteiger partial charge in [-0.1, -0.05) is 0 Å². The third-order valence-electron chi connectivity index (χ3n) is 4.91. The van der Waals surface area contributed by atoms with Gasteiger partial charge in [0.2, 0.25) is 16.8 Å². The van der Waals surface area contributed by atoms with Crippen LogP contribution in [0.4, 0.5) is 11.4 Å². The highest BCUT2D eigenvalue weighted by Gasteiger charge is 2.29. The van der Waals surface area contributed by atoms with Gasteiger partial charge < -0.3 is 14.2 Å². The lowest BCUT2D eigenvalue weighted by atomic mass is 10.1. The lowest BCUT2D eigenvalue weighted by Crippen LogP contribution is -2.40. The largest absolute Gasteiger partial charge is 0.454 e. The summed E-state index contributed by atoms with van der Waals surface area (Å²) in [7, 11) is -3.86. The van der Waals surface area contributed by atoms with E-state index in [0.717, 1.165) is 11.6 Å². The van der Waals surface area contributed by atoms with Crippen LogP contribution in [0.1, 0.15) is 12.5 Å². The van der Waals surface area contributed by atoms with Gasteiger partial charge in [0.25, 0.3) is 5.69 Å². The average Bonchev–Trinajstić information content (AvgIpc) is 3.25. The molecule has 1 saturated heterocycles. The smallest absolute Gasteiger partial charge is 0.295 e. The van der Waals surface area contributed by atoms with Crippen molar-refractivity contribution in [3.8, 4) is 11.5 Å². The number of fused-ring (bicyclic) bond motifs is 1. The maximum Gasteiger partial charge on any atom is 0.295 e. The number of anilines is 1. The lowest BCUT2D eigenvalue weighted by molar-refractivity contribution is -0.384. The summed E-state index contributed by atoms with van der Waals surface area (Å²) >= 11 is 0. The van der Waals surface area contributed by atoms with Gasteiger partial charge in [0.05, 0.1) is 28.7 Å². The van der Waals surface area contributed by atoms with Crippen molar-refractivity contribution in [3.63, 3.8) is 0 Å². The van der Waals surface area contributed by atoms with Crippen LogP contribution in [0.3, 0.4) is 0 Å². The van der Waals surface area contributed by atoms with E-state index >= 15 is 0 Å². The van der Waals surface area contributed by atoms with E-state index in [1.807, 2.05) is 0 Å². The average molecular weight is 448 g/mol. The maximum atomic E-state index is 12.8. The van der Waals surface area contributed by atoms with E-state index in [1.54, 1.807) is 25.1 Å². The molecule has 0 aliphatic carbocycles. The first kappa shape index (κ1) is 21.0. The molecule has 0 saturated carbocycles. The molecule has 11 nitrogen and oxygen atoms in total. The van der Waals surface area contributed by atoms with Crippen LogP contribution in [0.15, 0.2) is 46.4 Å². The number of hydrazone groups is 1. The van der Waals surface area contributed by atoms with Gasteiger partial charge in [0.1, 0.15) is 5.69 Å². The van der Waals surface area contributed by atoms with E-state index in [9.17, 15) is 18.5 Å². The van der Waals surface area contributed by atoms with Crippen LogP contribution in [0.2, 0.25) is 0 Å². The number of nitro benzene ring substituents is 1. The molecular formula is C19H20N4O7S. The first-order valence-electron chi connectivity index (χ1n) is 9.43. The van der Waals surface area contributed by atoms with Gasteiger partial charge in [-0.15, -0.1) is 0 Å². The van der Waals surface area contributed by atoms with Gasteiger partial charge in [-0.3, -0.25) is 15.5 Å². The van der Waals surface area contributed by atoms with Crippen molar-refractivity contribution in [2.75, 3.05) is 38.5 Å². The Morgan fingerprint density at radius 3 is 2.61 bits per heavy atom. The number of nitro groups is 1. The molecule has 0 atom stereocenters. The van der Waals surface area contributed by atoms with Crippen LogP contribution in [0.5, 0.6) is 11.5 Å². The molecule has 31 heavy (non-hydrogen) atoms. The summed E-state index contributed by atoms with van der Waals surface area (Å²) in [5.74, 6) is 1.23. The van der Waals surface area contributed by atoms with Gasteiger partial charge in [-0.05, 0) is 37.3 Å². The highest BCUT2D eigenvalue weighted by atomic mass is 32.2. The van der Waals surface area contributed by atoms with Crippen LogP contribution >= 0.6 is 0 Å². The summed E-state index contributed by atoms with van der Waals surface area (Å²) in [6, 6.07) is 9.01. The second-order valence-corrected chi connectivity index (χ2v) is 8.77. The number of morpholine rings is 1. The normalized spacial score (nSPS) is 16.9. The third kappa shape index (κ3) is 4.31. The van der Waals surface area contributed by atoms with Gasteiger partial charge in [0, 0.05) is 24.7 Å². The predicted molar refractivity (Wildman–Crippen MR) is 111 cm³/mol. The van der Waals surface area contributed by atoms with E-state index in [-0.39, 0.29) is 43.7 Å². The fourth-order valence-corrected chi connectivity index (χ4v) is 4.61. The molecule has 2 aromatic carbocycles. The first-order chi connectivity index (χ1) is 14.9. The SMILES string of the molecule is C/C(=N/Nc1ccc(S(=O)(=O)N2CCOCC2)cc1[N+](=O)[O-])c1ccc2c(c1)OCO2. The number of rotatable bonds is 6. The second-order valence-electron chi connectivity index (χ2n) is 6.83. The monoisotopic (exact) mass is 448 g/mol. The zero-order chi connectivity index (χ0) is 22.0. The second kappa shape index (κ2) is 8.49. The summed E-state index contributed by atoms with van der Waals surface area (Å²) in [4.78, 5) is 10.8. The molecule has 0 radical (unpaired) electrons. The fourth-order valence-electron chi connectivity index (χ4n) is 3.18. The molecule has 0 aromatic heterocycles. The van der Waals surface area contributed by atoms with E-state index in [1.165, 1.54) is 16.4 Å². The van der Waals surface area contributed by atoms with Crippen molar-refractivity contribution in [2.24, 2.45) is 5.10 Å². The molecule has 2 aliphatic heterocycles. The molecular weight excluding hydrogens is 428 g/mol. The van der Waals surface area contributed by atoms with Crippen LogP contribution < -0.4 is 14.9 Å². The molecule has 0 amide bonds. The standard InChI is InChI=1S/C19H20N4O7S/c1-13(14-2-5-18-19(10-14)30-12-29-18)20-21-16-4-3-15(11-17(16)23(24)25)31(26,27)22-6-8-28-9-7-22/h2-5,10-11,21H,6-9,12H2,1H3/b20-13-. The number of sulfonamides is 1. The Hall–Kier alpha value is -3.22. The van der Waals surface area contributed by atoms with Gasteiger partial charge in [-0.2, -0.15) is 9.41 Å². The molecule has 1 N–H and O–H groups in total. The Kier molecular flexibility index (Phi) is 5.76. The molecule has 0 spiro atoms. The zero-order valence-corrected chi connectivity index (χ0v) is 17.4. The molecule has 2 heterocycles. The number of nitrogens with one attached hydrogen (secondary N) is 1. The summed E-state index contributed by atoms with van der Waals surface area (Å²) in [5, 5.41) is 15.8. The number of ether oxygens (including phenoxy) is 3. The molecule has 4 rings (SSSR count). The van der Waals surface area contributed by atoms with Crippen LogP contribution in [0, 0.1) is 10.1 Å². The van der Waals surface area contributed by atoms with Crippen LogP contribution in [0.25, 0.3) is 0 Å². The highest BCUT2D eigenvalue weighted by Crippen LogP contribution is 2.33. The summed E-state index contributed by atoms with van der Waals surface area (Å²) in [6.45, 7) is 2.86. The van der Waals surface area contributed by atoms with E-state index in [0.29, 0.717) is 17.2 Å². The highest BCUT2D eigenvalue weighted by molar-refractivity contribution is 7.89. The summed E-state index contributed by atoms with van der Waals surface area (Å²) in [6.07, 6.45) is 0. The summed E-state index contributed by atoms with van der Waals surface area (Å²) in [5.41, 5.74) is 3.64. The van der Waals surface area contributed by atoms with Gasteiger partial charge >= 0.3 is 0 Å². The van der Waals surface area contributed by atoms with Crippen molar-refractivity contribution >= 4 is 27.1 Å². The number of hydrogen-bond donors (Lipinski definition) is 1. The molecule has 164 valence electrons. The third-order valence-corrected chi connectivity index (χ3v) is 6.80. The Morgan fingerprint density at radius 1 is 1.13 bits per heavy atom. The van der Waals surface area contributed by atoms with Crippen molar-refractivity contribution in [2.45, 2.75) is 11.8 Å². The summed E-state index contributed by atoms with van der Waals surface area (Å²) < 4.78 is 42.6. The van der Waals surface area contributed by atoms with Gasteiger partial charge in [-0.25, -0.2) is 8.42 Å². The van der Waals surface area contributed by atoms with E-state index < -0.39 is 20.6 Å². The molecule has 2 aromatic rings. The molecule has 0 bridgehead atoms. The molecule has 12 heteroatoms. The Balaban J connectivity index is 1.58. The van der Waals surface area contributed by atoms with Crippen molar-refractivity contribution < 1.29 is 27.6 Å².